The third-order valence-corrected chi connectivity index (χ3v) is 4.92. The zero-order valence-electron chi connectivity index (χ0n) is 12.4. The maximum atomic E-state index is 9.79. The summed E-state index contributed by atoms with van der Waals surface area (Å²) >= 11 is 9.00. The van der Waals surface area contributed by atoms with Gasteiger partial charge in [-0.1, -0.05) is 28.1 Å². The van der Waals surface area contributed by atoms with Gasteiger partial charge in [0.15, 0.2) is 10.6 Å². The number of nitrogens with zero attached hydrogens (tertiary/aromatic N) is 4. The first-order valence-corrected chi connectivity index (χ1v) is 8.55. The van der Waals surface area contributed by atoms with Crippen LogP contribution < -0.4 is 0 Å². The fourth-order valence-corrected chi connectivity index (χ4v) is 3.39. The Morgan fingerprint density at radius 2 is 2.27 bits per heavy atom. The fraction of sp³-hybridized carbons (Fsp3) is 0.467. The summed E-state index contributed by atoms with van der Waals surface area (Å²) in [5.74, 6) is 0.851. The van der Waals surface area contributed by atoms with E-state index in [1.54, 1.807) is 0 Å². The van der Waals surface area contributed by atoms with Crippen LogP contribution in [0.5, 0.6) is 0 Å². The van der Waals surface area contributed by atoms with E-state index in [9.17, 15) is 5.11 Å². The number of rotatable bonds is 3. The second-order valence-electron chi connectivity index (χ2n) is 5.69. The van der Waals surface area contributed by atoms with E-state index in [1.165, 1.54) is 0 Å². The first-order chi connectivity index (χ1) is 10.5. The van der Waals surface area contributed by atoms with Crippen LogP contribution in [0.3, 0.4) is 0 Å². The molecule has 1 atom stereocenters. The Kier molecular flexibility index (Phi) is 4.77. The Bertz CT molecular complexity index is 727. The average Bonchev–Trinajstić information content (AvgIpc) is 2.76. The minimum absolute atomic E-state index is 0.240. The quantitative estimate of drug-likeness (QED) is 0.829. The van der Waals surface area contributed by atoms with E-state index in [1.807, 2.05) is 40.6 Å². The van der Waals surface area contributed by atoms with Gasteiger partial charge in [0.05, 0.1) is 12.8 Å². The second kappa shape index (κ2) is 6.62. The molecule has 0 aliphatic carbocycles. The highest BCUT2D eigenvalue weighted by atomic mass is 79.9. The largest absolute Gasteiger partial charge is 0.392 e. The van der Waals surface area contributed by atoms with Gasteiger partial charge in [-0.2, -0.15) is 5.10 Å². The summed E-state index contributed by atoms with van der Waals surface area (Å²) in [6.07, 6.45) is 1.66. The van der Waals surface area contributed by atoms with E-state index >= 15 is 0 Å². The van der Waals surface area contributed by atoms with E-state index in [-0.39, 0.29) is 6.10 Å². The zero-order chi connectivity index (χ0) is 15.7. The van der Waals surface area contributed by atoms with Crippen LogP contribution in [0.1, 0.15) is 12.8 Å². The molecule has 1 aliphatic rings. The Morgan fingerprint density at radius 3 is 3.00 bits per heavy atom. The van der Waals surface area contributed by atoms with Crippen LogP contribution in [-0.4, -0.2) is 43.5 Å². The molecule has 2 aromatic rings. The predicted octanol–water partition coefficient (Wildman–Crippen LogP) is 2.79. The van der Waals surface area contributed by atoms with Gasteiger partial charge in [-0.15, -0.1) is 0 Å². The molecule has 3 rings (SSSR count). The van der Waals surface area contributed by atoms with Crippen molar-refractivity contribution in [1.29, 1.82) is 0 Å². The van der Waals surface area contributed by atoms with Crippen LogP contribution in [0.4, 0.5) is 0 Å². The molecule has 1 fully saturated rings. The van der Waals surface area contributed by atoms with E-state index in [0.29, 0.717) is 18.0 Å². The lowest BCUT2D eigenvalue weighted by molar-refractivity contribution is 0.0513. The molecule has 0 spiro atoms. The number of likely N-dealkylation sites (tertiary alicyclic amines) is 1. The summed E-state index contributed by atoms with van der Waals surface area (Å²) in [7, 11) is 1.94. The van der Waals surface area contributed by atoms with Crippen molar-refractivity contribution in [1.82, 2.24) is 19.2 Å². The number of hydrogen-bond donors (Lipinski definition) is 1. The van der Waals surface area contributed by atoms with Gasteiger partial charge in [0, 0.05) is 30.2 Å². The normalized spacial score (nSPS) is 19.5. The highest BCUT2D eigenvalue weighted by molar-refractivity contribution is 9.10. The van der Waals surface area contributed by atoms with Gasteiger partial charge in [-0.05, 0) is 37.2 Å². The molecule has 118 valence electrons. The van der Waals surface area contributed by atoms with Crippen molar-refractivity contribution in [2.45, 2.75) is 25.6 Å². The molecule has 1 aromatic carbocycles. The Morgan fingerprint density at radius 1 is 1.45 bits per heavy atom. The summed E-state index contributed by atoms with van der Waals surface area (Å²) in [5.41, 5.74) is 1.03. The molecule has 0 radical (unpaired) electrons. The van der Waals surface area contributed by atoms with Gasteiger partial charge in [0.2, 0.25) is 0 Å². The topological polar surface area (TPSA) is 46.2 Å². The van der Waals surface area contributed by atoms with Crippen LogP contribution in [0.25, 0.3) is 11.4 Å². The number of halogens is 1. The number of piperidine rings is 1. The summed E-state index contributed by atoms with van der Waals surface area (Å²) < 4.78 is 5.47. The van der Waals surface area contributed by atoms with Crippen molar-refractivity contribution in [2.24, 2.45) is 7.05 Å². The molecule has 0 saturated carbocycles. The third-order valence-electron chi connectivity index (χ3n) is 3.94. The van der Waals surface area contributed by atoms with Gasteiger partial charge in [-0.3, -0.25) is 4.90 Å². The van der Waals surface area contributed by atoms with Crippen molar-refractivity contribution in [3.05, 3.63) is 33.5 Å². The van der Waals surface area contributed by atoms with E-state index in [2.05, 4.69) is 25.9 Å². The van der Waals surface area contributed by atoms with Gasteiger partial charge >= 0.3 is 0 Å². The predicted molar refractivity (Wildman–Crippen MR) is 92.0 cm³/mol. The molecule has 7 heteroatoms. The Balaban J connectivity index is 1.88. The fourth-order valence-electron chi connectivity index (χ4n) is 2.81. The number of aliphatic hydroxyl groups excluding tert-OH is 1. The minimum Gasteiger partial charge on any atom is -0.392 e. The number of benzene rings is 1. The lowest BCUT2D eigenvalue weighted by atomic mass is 10.1. The Hall–Kier alpha value is -1.02. The van der Waals surface area contributed by atoms with Crippen LogP contribution in [0.2, 0.25) is 0 Å². The summed E-state index contributed by atoms with van der Waals surface area (Å²) in [6.45, 7) is 2.28. The number of hydrogen-bond acceptors (Lipinski definition) is 4. The lowest BCUT2D eigenvalue weighted by Crippen LogP contribution is -2.39. The van der Waals surface area contributed by atoms with Gasteiger partial charge in [0.25, 0.3) is 0 Å². The summed E-state index contributed by atoms with van der Waals surface area (Å²) in [5, 5.41) is 14.5. The molecule has 1 N–H and O–H groups in total. The van der Waals surface area contributed by atoms with Crippen molar-refractivity contribution in [2.75, 3.05) is 13.1 Å². The van der Waals surface area contributed by atoms with Gasteiger partial charge in [-0.25, -0.2) is 4.68 Å². The second-order valence-corrected chi connectivity index (χ2v) is 6.97. The highest BCUT2D eigenvalue weighted by Crippen LogP contribution is 2.22. The molecule has 1 aromatic heterocycles. The van der Waals surface area contributed by atoms with Crippen molar-refractivity contribution in [3.63, 3.8) is 0 Å². The molecule has 0 amide bonds. The Labute approximate surface area is 143 Å². The first-order valence-electron chi connectivity index (χ1n) is 7.35. The highest BCUT2D eigenvalue weighted by Gasteiger charge is 2.19. The van der Waals surface area contributed by atoms with E-state index in [0.717, 1.165) is 35.2 Å². The first kappa shape index (κ1) is 15.9. The monoisotopic (exact) mass is 382 g/mol. The third kappa shape index (κ3) is 3.32. The van der Waals surface area contributed by atoms with Crippen molar-refractivity contribution >= 4 is 28.1 Å². The summed E-state index contributed by atoms with van der Waals surface area (Å²) in [6, 6.07) is 8.04. The molecule has 0 bridgehead atoms. The standard InChI is InChI=1S/C15H19BrN4OS/c1-18-14(11-4-2-5-12(16)8-11)17-20(15(18)22)10-19-7-3-6-13(21)9-19/h2,4-5,8,13,21H,3,6-7,9-10H2,1H3/t13-/m0/s1. The van der Waals surface area contributed by atoms with Crippen LogP contribution in [0.15, 0.2) is 28.7 Å². The maximum Gasteiger partial charge on any atom is 0.199 e. The van der Waals surface area contributed by atoms with E-state index in [4.69, 9.17) is 12.2 Å². The average molecular weight is 383 g/mol. The van der Waals surface area contributed by atoms with Gasteiger partial charge in [0.1, 0.15) is 0 Å². The number of aromatic nitrogens is 3. The van der Waals surface area contributed by atoms with Crippen LogP contribution >= 0.6 is 28.1 Å². The minimum atomic E-state index is -0.240. The maximum absolute atomic E-state index is 9.79. The molecule has 2 heterocycles. The molecular weight excluding hydrogens is 364 g/mol. The molecule has 22 heavy (non-hydrogen) atoms. The summed E-state index contributed by atoms with van der Waals surface area (Å²) in [4.78, 5) is 2.20. The lowest BCUT2D eigenvalue weighted by Gasteiger charge is -2.29. The zero-order valence-corrected chi connectivity index (χ0v) is 14.8. The SMILES string of the molecule is Cn1c(-c2cccc(Br)c2)nn(CN2CCC[C@H](O)C2)c1=S. The van der Waals surface area contributed by atoms with Crippen molar-refractivity contribution < 1.29 is 5.11 Å². The molecule has 1 saturated heterocycles. The molecule has 5 nitrogen and oxygen atoms in total. The van der Waals surface area contributed by atoms with Crippen LogP contribution in [0, 0.1) is 4.77 Å². The molecule has 0 unspecified atom stereocenters. The molecule has 1 aliphatic heterocycles. The molecular formula is C15H19BrN4OS. The van der Waals surface area contributed by atoms with Crippen molar-refractivity contribution in [3.8, 4) is 11.4 Å². The van der Waals surface area contributed by atoms with Gasteiger partial charge < -0.3 is 9.67 Å². The van der Waals surface area contributed by atoms with Crippen LogP contribution in [-0.2, 0) is 13.7 Å². The smallest absolute Gasteiger partial charge is 0.199 e. The number of aliphatic hydroxyl groups is 1. The van der Waals surface area contributed by atoms with E-state index < -0.39 is 0 Å². The number of β-amino-alcohol motifs (C(OH)–C–C–N with tert-alkyl or cyclic N) is 1.